The fourth-order valence-electron chi connectivity index (χ4n) is 11.1. The van der Waals surface area contributed by atoms with E-state index in [0.717, 1.165) is 125 Å². The van der Waals surface area contributed by atoms with Gasteiger partial charge in [0.25, 0.3) is 5.91 Å². The molecule has 1 saturated heterocycles. The zero-order chi connectivity index (χ0) is 59.2. The Labute approximate surface area is 493 Å². The maximum atomic E-state index is 14.1. The summed E-state index contributed by atoms with van der Waals surface area (Å²) in [5.41, 5.74) is 10.7. The third-order valence-electron chi connectivity index (χ3n) is 15.8. The van der Waals surface area contributed by atoms with E-state index in [2.05, 4.69) is 48.1 Å². The molecule has 2 aliphatic heterocycles. The Balaban J connectivity index is 0.669. The number of hydrogen-bond donors (Lipinski definition) is 5. The van der Waals surface area contributed by atoms with Crippen LogP contribution in [0.5, 0.6) is 0 Å². The van der Waals surface area contributed by atoms with Crippen molar-refractivity contribution in [3.05, 3.63) is 124 Å². The molecule has 83 heavy (non-hydrogen) atoms. The number of nitrogens with zero attached hydrogens (tertiary/aromatic N) is 8. The SMILES string of the molecule is Cc1cccc(CN2C(=O)c3cc(-c4nc(Nc5ccnc(CCNC(=O)CCCCCCCCCCCCC(=O)N[C@H](C(=O)N6C[C@H](O)C[C@H]6C(=O)N[C@@H](C)c6ccc(-c7scnc7C)cc6)C(C)(C)C)c5)ncc4C)cn3C[C@H]2C)n1. The molecule has 0 radical (unpaired) electrons. The van der Waals surface area contributed by atoms with Crippen LogP contribution in [0, 0.1) is 26.2 Å². The zero-order valence-corrected chi connectivity index (χ0v) is 50.5. The molecule has 0 unspecified atom stereocenters. The van der Waals surface area contributed by atoms with Crippen molar-refractivity contribution in [2.75, 3.05) is 18.4 Å². The number of carbonyl (C=O) groups excluding carboxylic acids is 5. The number of β-amino-alcohol motifs (C(OH)–C–C–N with tert-alkyl or cyclic N) is 1. The summed E-state index contributed by atoms with van der Waals surface area (Å²) < 4.78 is 2.02. The molecular formula is C64H84N12O6S. The molecule has 8 rings (SSSR count). The summed E-state index contributed by atoms with van der Waals surface area (Å²) in [7, 11) is 0. The van der Waals surface area contributed by atoms with E-state index in [1.54, 1.807) is 23.7 Å². The first-order valence-corrected chi connectivity index (χ1v) is 30.5. The first-order valence-electron chi connectivity index (χ1n) is 29.7. The number of benzene rings is 1. The van der Waals surface area contributed by atoms with E-state index in [9.17, 15) is 29.1 Å². The number of unbranched alkanes of at least 4 members (excludes halogenated alkanes) is 9. The number of nitrogens with one attached hydrogen (secondary N) is 4. The van der Waals surface area contributed by atoms with Crippen LogP contribution in [0.2, 0.25) is 0 Å². The number of aryl methyl sites for hydroxylation is 3. The largest absolute Gasteiger partial charge is 0.391 e. The second kappa shape index (κ2) is 28.7. The summed E-state index contributed by atoms with van der Waals surface area (Å²) in [6.45, 7) is 17.2. The molecule has 7 heterocycles. The normalized spacial score (nSPS) is 16.8. The van der Waals surface area contributed by atoms with Crippen molar-refractivity contribution in [2.45, 2.75) is 189 Å². The lowest BCUT2D eigenvalue weighted by Crippen LogP contribution is -2.57. The van der Waals surface area contributed by atoms with E-state index in [4.69, 9.17) is 4.98 Å². The maximum absolute atomic E-state index is 14.1. The van der Waals surface area contributed by atoms with Gasteiger partial charge in [0, 0.05) is 92.6 Å². The van der Waals surface area contributed by atoms with Crippen LogP contribution in [0.4, 0.5) is 11.6 Å². The van der Waals surface area contributed by atoms with Crippen molar-refractivity contribution < 1.29 is 29.1 Å². The van der Waals surface area contributed by atoms with Crippen molar-refractivity contribution in [1.82, 2.24) is 55.2 Å². The topological polar surface area (TPSA) is 230 Å². The van der Waals surface area contributed by atoms with Gasteiger partial charge in [0.2, 0.25) is 29.6 Å². The molecule has 1 fully saturated rings. The fourth-order valence-corrected chi connectivity index (χ4v) is 11.9. The van der Waals surface area contributed by atoms with E-state index in [1.807, 2.05) is 130 Å². The van der Waals surface area contributed by atoms with Crippen LogP contribution in [-0.2, 0) is 38.7 Å². The lowest BCUT2D eigenvalue weighted by Gasteiger charge is -2.35. The maximum Gasteiger partial charge on any atom is 0.271 e. The van der Waals surface area contributed by atoms with Crippen molar-refractivity contribution in [2.24, 2.45) is 5.41 Å². The number of pyridine rings is 2. The van der Waals surface area contributed by atoms with Gasteiger partial charge >= 0.3 is 0 Å². The van der Waals surface area contributed by atoms with Gasteiger partial charge < -0.3 is 40.7 Å². The van der Waals surface area contributed by atoms with Gasteiger partial charge in [0.1, 0.15) is 17.8 Å². The molecule has 442 valence electrons. The Morgan fingerprint density at radius 3 is 2.17 bits per heavy atom. The molecule has 1 aromatic carbocycles. The Hall–Kier alpha value is -7.38. The predicted octanol–water partition coefficient (Wildman–Crippen LogP) is 10.3. The Kier molecular flexibility index (Phi) is 21.4. The number of thiazole rings is 1. The van der Waals surface area contributed by atoms with Gasteiger partial charge in [0.15, 0.2) is 0 Å². The van der Waals surface area contributed by atoms with Crippen molar-refractivity contribution in [3.63, 3.8) is 0 Å². The number of fused-ring (bicyclic) bond motifs is 1. The van der Waals surface area contributed by atoms with Crippen LogP contribution in [0.1, 0.15) is 169 Å². The van der Waals surface area contributed by atoms with E-state index in [1.165, 1.54) is 4.90 Å². The number of amides is 5. The van der Waals surface area contributed by atoms with Crippen LogP contribution in [-0.4, -0.2) is 111 Å². The predicted molar refractivity (Wildman–Crippen MR) is 324 cm³/mol. The summed E-state index contributed by atoms with van der Waals surface area (Å²) in [4.78, 5) is 94.8. The van der Waals surface area contributed by atoms with Gasteiger partial charge in [0.05, 0.1) is 46.2 Å². The number of aliphatic hydroxyl groups excluding tert-OH is 1. The lowest BCUT2D eigenvalue weighted by molar-refractivity contribution is -0.144. The third-order valence-corrected chi connectivity index (χ3v) is 16.8. The third kappa shape index (κ3) is 16.9. The van der Waals surface area contributed by atoms with E-state index >= 15 is 0 Å². The summed E-state index contributed by atoms with van der Waals surface area (Å²) >= 11 is 1.58. The Morgan fingerprint density at radius 1 is 0.795 bits per heavy atom. The molecule has 0 bridgehead atoms. The summed E-state index contributed by atoms with van der Waals surface area (Å²) in [5, 5.41) is 23.1. The average molecular weight is 1150 g/mol. The summed E-state index contributed by atoms with van der Waals surface area (Å²) in [6, 6.07) is 17.6. The highest BCUT2D eigenvalue weighted by molar-refractivity contribution is 7.13. The van der Waals surface area contributed by atoms with Crippen LogP contribution >= 0.6 is 11.3 Å². The van der Waals surface area contributed by atoms with Crippen molar-refractivity contribution >= 4 is 52.5 Å². The van der Waals surface area contributed by atoms with Gasteiger partial charge in [-0.1, -0.05) is 102 Å². The zero-order valence-electron chi connectivity index (χ0n) is 49.7. The molecule has 5 aromatic heterocycles. The van der Waals surface area contributed by atoms with Crippen molar-refractivity contribution in [3.8, 4) is 21.7 Å². The Bertz CT molecular complexity index is 3190. The highest BCUT2D eigenvalue weighted by Crippen LogP contribution is 2.32. The van der Waals surface area contributed by atoms with Crippen LogP contribution < -0.4 is 21.3 Å². The molecule has 19 heteroatoms. The minimum absolute atomic E-state index is 0.00166. The molecule has 0 aliphatic carbocycles. The van der Waals surface area contributed by atoms with Gasteiger partial charge in [-0.05, 0) is 99.9 Å². The highest BCUT2D eigenvalue weighted by atomic mass is 32.1. The quantitative estimate of drug-likeness (QED) is 0.0304. The van der Waals surface area contributed by atoms with E-state index in [0.29, 0.717) is 50.5 Å². The number of rotatable bonds is 27. The fraction of sp³-hybridized carbons (Fsp3) is 0.500. The number of aliphatic hydroxyl groups is 1. The number of likely N-dealkylation sites (tertiary alicyclic amines) is 1. The Morgan fingerprint density at radius 2 is 1.49 bits per heavy atom. The number of aromatic nitrogens is 6. The second-order valence-corrected chi connectivity index (χ2v) is 24.6. The molecule has 0 saturated carbocycles. The molecule has 18 nitrogen and oxygen atoms in total. The molecule has 0 spiro atoms. The first kappa shape index (κ1) is 61.7. The molecule has 5 amide bonds. The lowest BCUT2D eigenvalue weighted by atomic mass is 9.85. The summed E-state index contributed by atoms with van der Waals surface area (Å²) in [6.07, 6.45) is 16.2. The molecular weight excluding hydrogens is 1060 g/mol. The second-order valence-electron chi connectivity index (χ2n) is 23.7. The van der Waals surface area contributed by atoms with Gasteiger partial charge in [-0.15, -0.1) is 11.3 Å². The van der Waals surface area contributed by atoms with Crippen molar-refractivity contribution in [1.29, 1.82) is 0 Å². The van der Waals surface area contributed by atoms with Gasteiger partial charge in [-0.25, -0.2) is 15.0 Å². The monoisotopic (exact) mass is 1150 g/mol. The number of hydrogen-bond acceptors (Lipinski definition) is 13. The average Bonchev–Trinajstić information content (AvgIpc) is 3.20. The van der Waals surface area contributed by atoms with Gasteiger partial charge in [-0.3, -0.25) is 33.9 Å². The minimum atomic E-state index is -0.857. The smallest absolute Gasteiger partial charge is 0.271 e. The van der Waals surface area contributed by atoms with E-state index in [-0.39, 0.29) is 54.6 Å². The standard InChI is InChI=1S/C64H84N12O6S/c1-41-35-67-63(73-57(41)48-32-54-61(81)75(43(3)36-74(54)37-48)38-51-21-19-20-42(2)69-51)71-50-29-30-65-49(33-50)28-31-66-55(78)22-17-15-13-11-9-10-12-14-16-18-23-56(79)72-59(64(6,7)8)62(82)76-39-52(77)34-53(76)60(80)70-44(4)46-24-26-47(27-25-46)58-45(5)68-40-83-58/h19-21,24-27,29-30,32-33,35,37,40,43-44,52-53,59,77H,9-18,22-23,28,31,34,36,38-39H2,1-8H3,(H,66,78)(H,70,80)(H,72,79)(H,65,67,71,73)/t43-,44+,52-,53+,59-/m1/s1. The van der Waals surface area contributed by atoms with Crippen LogP contribution in [0.3, 0.4) is 0 Å². The summed E-state index contributed by atoms with van der Waals surface area (Å²) in [5.74, 6) is -0.451. The number of anilines is 2. The van der Waals surface area contributed by atoms with E-state index < -0.39 is 23.6 Å². The van der Waals surface area contributed by atoms with Gasteiger partial charge in [-0.2, -0.15) is 0 Å². The molecule has 2 aliphatic rings. The first-order chi connectivity index (χ1) is 39.8. The molecule has 5 atom stereocenters. The van der Waals surface area contributed by atoms with Crippen LogP contribution in [0.25, 0.3) is 21.7 Å². The molecule has 5 N–H and O–H groups in total. The minimum Gasteiger partial charge on any atom is -0.391 e. The van der Waals surface area contributed by atoms with Crippen LogP contribution in [0.15, 0.2) is 84.8 Å². The highest BCUT2D eigenvalue weighted by Gasteiger charge is 2.45. The number of carbonyl (C=O) groups is 5. The molecule has 6 aromatic rings.